The third-order valence-corrected chi connectivity index (χ3v) is 5.56. The van der Waals surface area contributed by atoms with Gasteiger partial charge in [-0.25, -0.2) is 4.98 Å². The van der Waals surface area contributed by atoms with Crippen LogP contribution in [-0.4, -0.2) is 33.9 Å². The Labute approximate surface area is 175 Å². The van der Waals surface area contributed by atoms with Gasteiger partial charge in [-0.3, -0.25) is 4.79 Å². The number of fused-ring (bicyclic) bond motifs is 1. The molecule has 5 rings (SSSR count). The average molecular weight is 397 g/mol. The number of nitrogens with zero attached hydrogens (tertiary/aromatic N) is 2. The Morgan fingerprint density at radius 1 is 0.967 bits per heavy atom. The fourth-order valence-corrected chi connectivity index (χ4v) is 4.05. The first-order valence-corrected chi connectivity index (χ1v) is 10.3. The third kappa shape index (κ3) is 3.79. The molecule has 2 heterocycles. The van der Waals surface area contributed by atoms with Crippen LogP contribution in [0.15, 0.2) is 78.9 Å². The van der Waals surface area contributed by atoms with Crippen LogP contribution >= 0.6 is 0 Å². The molecule has 1 N–H and O–H groups in total. The first-order valence-electron chi connectivity index (χ1n) is 10.3. The molecule has 0 spiro atoms. The number of amides is 1. The second kappa shape index (κ2) is 8.03. The molecule has 0 aliphatic carbocycles. The van der Waals surface area contributed by atoms with Gasteiger partial charge in [0, 0.05) is 24.6 Å². The molecule has 0 bridgehead atoms. The third-order valence-electron chi connectivity index (χ3n) is 5.56. The number of ether oxygens (including phenoxy) is 1. The van der Waals surface area contributed by atoms with E-state index in [0.717, 1.165) is 42.0 Å². The van der Waals surface area contributed by atoms with Gasteiger partial charge in [-0.1, -0.05) is 36.4 Å². The van der Waals surface area contributed by atoms with E-state index in [1.807, 2.05) is 83.8 Å². The minimum Gasteiger partial charge on any atom is -0.457 e. The summed E-state index contributed by atoms with van der Waals surface area (Å²) in [7, 11) is 0. The van der Waals surface area contributed by atoms with Gasteiger partial charge in [0.2, 0.25) is 0 Å². The Morgan fingerprint density at radius 2 is 1.77 bits per heavy atom. The predicted molar refractivity (Wildman–Crippen MR) is 117 cm³/mol. The summed E-state index contributed by atoms with van der Waals surface area (Å²) in [6.45, 7) is 1.43. The number of piperidine rings is 1. The van der Waals surface area contributed by atoms with E-state index >= 15 is 0 Å². The Morgan fingerprint density at radius 3 is 2.63 bits per heavy atom. The molecular formula is C25H23N3O2. The van der Waals surface area contributed by atoms with E-state index in [-0.39, 0.29) is 11.8 Å². The van der Waals surface area contributed by atoms with Crippen LogP contribution in [0.4, 0.5) is 0 Å². The van der Waals surface area contributed by atoms with E-state index in [2.05, 4.69) is 4.98 Å². The van der Waals surface area contributed by atoms with Crippen molar-refractivity contribution < 1.29 is 9.53 Å². The van der Waals surface area contributed by atoms with E-state index in [4.69, 9.17) is 9.72 Å². The number of likely N-dealkylation sites (tertiary alicyclic amines) is 1. The molecule has 5 nitrogen and oxygen atoms in total. The number of hydrogen-bond donors (Lipinski definition) is 1. The van der Waals surface area contributed by atoms with Crippen molar-refractivity contribution in [2.45, 2.75) is 18.8 Å². The van der Waals surface area contributed by atoms with Gasteiger partial charge in [0.1, 0.15) is 17.3 Å². The minimum atomic E-state index is 0.0364. The van der Waals surface area contributed by atoms with Gasteiger partial charge < -0.3 is 14.6 Å². The highest BCUT2D eigenvalue weighted by Crippen LogP contribution is 2.28. The summed E-state index contributed by atoms with van der Waals surface area (Å²) in [4.78, 5) is 23.3. The predicted octanol–water partition coefficient (Wildman–Crippen LogP) is 5.38. The second-order valence-electron chi connectivity index (χ2n) is 7.67. The number of carbonyl (C=O) groups is 1. The zero-order valence-electron chi connectivity index (χ0n) is 16.6. The maximum Gasteiger partial charge on any atom is 0.254 e. The summed E-state index contributed by atoms with van der Waals surface area (Å²) in [5.74, 6) is 2.64. The molecule has 1 atom stereocenters. The smallest absolute Gasteiger partial charge is 0.254 e. The zero-order chi connectivity index (χ0) is 20.3. The number of hydrogen-bond acceptors (Lipinski definition) is 3. The lowest BCUT2D eigenvalue weighted by Crippen LogP contribution is -2.39. The fraction of sp³-hybridized carbons (Fsp3) is 0.200. The van der Waals surface area contributed by atoms with Crippen LogP contribution in [0.25, 0.3) is 11.0 Å². The van der Waals surface area contributed by atoms with E-state index in [0.29, 0.717) is 17.9 Å². The molecule has 1 saturated heterocycles. The lowest BCUT2D eigenvalue weighted by Gasteiger charge is -2.32. The lowest BCUT2D eigenvalue weighted by atomic mass is 9.96. The summed E-state index contributed by atoms with van der Waals surface area (Å²) < 4.78 is 5.89. The van der Waals surface area contributed by atoms with Gasteiger partial charge in [0.05, 0.1) is 11.0 Å². The van der Waals surface area contributed by atoms with Crippen molar-refractivity contribution in [3.63, 3.8) is 0 Å². The highest BCUT2D eigenvalue weighted by Gasteiger charge is 2.27. The topological polar surface area (TPSA) is 58.2 Å². The number of H-pyrrole nitrogens is 1. The molecule has 30 heavy (non-hydrogen) atoms. The molecule has 3 aromatic carbocycles. The van der Waals surface area contributed by atoms with Crippen molar-refractivity contribution in [2.75, 3.05) is 13.1 Å². The minimum absolute atomic E-state index is 0.0364. The van der Waals surface area contributed by atoms with Crippen molar-refractivity contribution in [3.8, 4) is 11.5 Å². The van der Waals surface area contributed by atoms with Gasteiger partial charge >= 0.3 is 0 Å². The molecule has 5 heteroatoms. The highest BCUT2D eigenvalue weighted by molar-refractivity contribution is 5.94. The molecule has 1 aromatic heterocycles. The van der Waals surface area contributed by atoms with Gasteiger partial charge in [-0.05, 0) is 55.3 Å². The summed E-state index contributed by atoms with van der Waals surface area (Å²) in [6, 6.07) is 25.1. The van der Waals surface area contributed by atoms with Gasteiger partial charge in [0.25, 0.3) is 5.91 Å². The van der Waals surface area contributed by atoms with Gasteiger partial charge in [-0.15, -0.1) is 0 Å². The number of benzene rings is 3. The van der Waals surface area contributed by atoms with Crippen molar-refractivity contribution in [3.05, 3.63) is 90.3 Å². The van der Waals surface area contributed by atoms with Crippen LogP contribution < -0.4 is 4.74 Å². The van der Waals surface area contributed by atoms with Crippen LogP contribution in [0.2, 0.25) is 0 Å². The Bertz CT molecular complexity index is 1140. The monoisotopic (exact) mass is 397 g/mol. The van der Waals surface area contributed by atoms with E-state index in [1.54, 1.807) is 0 Å². The largest absolute Gasteiger partial charge is 0.457 e. The summed E-state index contributed by atoms with van der Waals surface area (Å²) in [6.07, 6.45) is 1.99. The number of nitrogens with one attached hydrogen (secondary N) is 1. The Hall–Kier alpha value is -3.60. The van der Waals surface area contributed by atoms with Crippen molar-refractivity contribution in [1.82, 2.24) is 14.9 Å². The fourth-order valence-electron chi connectivity index (χ4n) is 4.05. The zero-order valence-corrected chi connectivity index (χ0v) is 16.6. The number of imidazole rings is 1. The summed E-state index contributed by atoms with van der Waals surface area (Å²) >= 11 is 0. The van der Waals surface area contributed by atoms with Gasteiger partial charge in [-0.2, -0.15) is 0 Å². The van der Waals surface area contributed by atoms with E-state index in [9.17, 15) is 4.79 Å². The standard InChI is InChI=1S/C25H23N3O2/c29-25(18-8-6-12-21(16-18)30-20-10-2-1-3-11-20)28-15-7-9-19(17-28)24-26-22-13-4-5-14-23(22)27-24/h1-6,8,10-14,16,19H,7,9,15,17H2,(H,26,27). The molecule has 0 radical (unpaired) electrons. The average Bonchev–Trinajstić information content (AvgIpc) is 3.24. The summed E-state index contributed by atoms with van der Waals surface area (Å²) in [5.41, 5.74) is 2.66. The molecule has 1 aliphatic rings. The quantitative estimate of drug-likeness (QED) is 0.503. The van der Waals surface area contributed by atoms with Crippen LogP contribution in [-0.2, 0) is 0 Å². The molecule has 1 amide bonds. The molecule has 1 fully saturated rings. The van der Waals surface area contributed by atoms with Crippen LogP contribution in [0, 0.1) is 0 Å². The number of carbonyl (C=O) groups excluding carboxylic acids is 1. The Kier molecular flexibility index (Phi) is 4.93. The maximum atomic E-state index is 13.2. The van der Waals surface area contributed by atoms with Crippen molar-refractivity contribution >= 4 is 16.9 Å². The first kappa shape index (κ1) is 18.4. The van der Waals surface area contributed by atoms with Crippen LogP contribution in [0.3, 0.4) is 0 Å². The SMILES string of the molecule is O=C(c1cccc(Oc2ccccc2)c1)N1CCCC(c2nc3ccccc3[nH]2)C1. The van der Waals surface area contributed by atoms with Gasteiger partial charge in [0.15, 0.2) is 0 Å². The molecule has 1 unspecified atom stereocenters. The van der Waals surface area contributed by atoms with Crippen LogP contribution in [0.5, 0.6) is 11.5 Å². The molecular weight excluding hydrogens is 374 g/mol. The van der Waals surface area contributed by atoms with E-state index < -0.39 is 0 Å². The molecule has 0 saturated carbocycles. The summed E-state index contributed by atoms with van der Waals surface area (Å²) in [5, 5.41) is 0. The maximum absolute atomic E-state index is 13.2. The number of aromatic nitrogens is 2. The first-order chi connectivity index (χ1) is 14.8. The number of para-hydroxylation sites is 3. The highest BCUT2D eigenvalue weighted by atomic mass is 16.5. The second-order valence-corrected chi connectivity index (χ2v) is 7.67. The number of rotatable bonds is 4. The van der Waals surface area contributed by atoms with Crippen LogP contribution in [0.1, 0.15) is 34.9 Å². The van der Waals surface area contributed by atoms with Crippen molar-refractivity contribution in [2.24, 2.45) is 0 Å². The van der Waals surface area contributed by atoms with E-state index in [1.165, 1.54) is 0 Å². The molecule has 150 valence electrons. The lowest BCUT2D eigenvalue weighted by molar-refractivity contribution is 0.0704. The Balaban J connectivity index is 1.32. The molecule has 4 aromatic rings. The molecule has 1 aliphatic heterocycles. The normalized spacial score (nSPS) is 16.5. The van der Waals surface area contributed by atoms with Crippen molar-refractivity contribution in [1.29, 1.82) is 0 Å². The number of aromatic amines is 1.